The molecule has 49 heavy (non-hydrogen) atoms. The van der Waals surface area contributed by atoms with Crippen LogP contribution in [-0.4, -0.2) is 14.5 Å². The fourth-order valence-corrected chi connectivity index (χ4v) is 6.08. The monoisotopic (exact) mass is 826 g/mol. The number of para-hydroxylation sites is 3. The van der Waals surface area contributed by atoms with Gasteiger partial charge < -0.3 is 14.0 Å². The Morgan fingerprint density at radius 3 is 2.41 bits per heavy atom. The van der Waals surface area contributed by atoms with Crippen molar-refractivity contribution in [2.75, 3.05) is 0 Å². The molecular weight excluding hydrogens is 779 g/mol. The number of aryl methyl sites for hydroxylation is 4. The number of fused-ring (bicyclic) bond motifs is 4. The third kappa shape index (κ3) is 6.74. The van der Waals surface area contributed by atoms with Gasteiger partial charge in [-0.05, 0) is 86.0 Å². The van der Waals surface area contributed by atoms with Gasteiger partial charge in [0.25, 0.3) is 0 Å². The molecule has 0 saturated carbocycles. The first-order chi connectivity index (χ1) is 26.5. The smallest absolute Gasteiger partial charge is 0.121 e. The van der Waals surface area contributed by atoms with Crippen molar-refractivity contribution < 1.29 is 35.5 Å². The minimum Gasteiger partial charge on any atom is -0.501 e. The summed E-state index contributed by atoms with van der Waals surface area (Å²) in [5.74, 6) is 0.460. The van der Waals surface area contributed by atoms with E-state index in [2.05, 4.69) is 78.0 Å². The zero-order chi connectivity index (χ0) is 40.2. The molecule has 3 aromatic heterocycles. The van der Waals surface area contributed by atoms with Crippen LogP contribution in [0.1, 0.15) is 52.6 Å². The Balaban J connectivity index is 0.000000201. The first-order valence-corrected chi connectivity index (χ1v) is 15.9. The molecular formula is C44H39IrN3O-2. The second-order valence-electron chi connectivity index (χ2n) is 12.1. The molecule has 8 aromatic rings. The summed E-state index contributed by atoms with van der Waals surface area (Å²) in [6, 6.07) is 38.7. The molecule has 0 atom stereocenters. The fraction of sp³-hybridized carbons (Fsp3) is 0.182. The van der Waals surface area contributed by atoms with Gasteiger partial charge in [-0.25, -0.2) is 0 Å². The van der Waals surface area contributed by atoms with Crippen LogP contribution in [0.5, 0.6) is 0 Å². The first kappa shape index (κ1) is 25.2. The van der Waals surface area contributed by atoms with Gasteiger partial charge in [-0.2, -0.15) is 0 Å². The normalized spacial score (nSPS) is 14.4. The summed E-state index contributed by atoms with van der Waals surface area (Å²) < 4.78 is 71.8. The minimum absolute atomic E-state index is 0. The number of hydrogen-bond acceptors (Lipinski definition) is 3. The van der Waals surface area contributed by atoms with Crippen LogP contribution in [0.4, 0.5) is 0 Å². The quantitative estimate of drug-likeness (QED) is 0.162. The number of nitrogens with zero attached hydrogens (tertiary/aromatic N) is 3. The van der Waals surface area contributed by atoms with E-state index in [4.69, 9.17) is 20.4 Å². The number of hydrogen-bond donors (Lipinski definition) is 0. The third-order valence-corrected chi connectivity index (χ3v) is 8.21. The molecule has 0 N–H and O–H groups in total. The fourth-order valence-electron chi connectivity index (χ4n) is 6.08. The third-order valence-electron chi connectivity index (χ3n) is 8.21. The zero-order valence-electron chi connectivity index (χ0n) is 35.6. The van der Waals surface area contributed by atoms with Gasteiger partial charge in [0.15, 0.2) is 0 Å². The summed E-state index contributed by atoms with van der Waals surface area (Å²) in [7, 11) is 0. The van der Waals surface area contributed by atoms with E-state index < -0.39 is 26.0 Å². The summed E-state index contributed by atoms with van der Waals surface area (Å²) >= 11 is 0. The van der Waals surface area contributed by atoms with E-state index in [0.717, 1.165) is 33.2 Å². The van der Waals surface area contributed by atoms with Crippen LogP contribution in [-0.2, 0) is 26.5 Å². The Hall–Kier alpha value is -4.83. The molecule has 0 aliphatic carbocycles. The van der Waals surface area contributed by atoms with Crippen LogP contribution in [0.15, 0.2) is 114 Å². The standard InChI is InChI=1S/C23H22NO.C21H17N2.Ir/c1-14(2)10-17-12-21(24-13-16(17)4)20-7-5-6-19-18-9-8-15(3)11-22(18)25-23(19)20;1-15-9-8-10-16(2)20(15)23-19-14-7-6-13-18(19)22-21(23)17-11-4-3-5-12-17;/h5-6,8-9,11-14H,10H2,1-4H3;3-11,13-14H,1-2H3;/q2*-1;/i3D3,4D3,10D2;;. The van der Waals surface area contributed by atoms with Crippen molar-refractivity contribution in [1.29, 1.82) is 0 Å². The maximum absolute atomic E-state index is 8.54. The molecule has 0 unspecified atom stereocenters. The van der Waals surface area contributed by atoms with Gasteiger partial charge in [0.05, 0.1) is 22.4 Å². The predicted octanol–water partition coefficient (Wildman–Crippen LogP) is 11.4. The van der Waals surface area contributed by atoms with E-state index in [1.807, 2.05) is 24.3 Å². The molecule has 0 saturated heterocycles. The largest absolute Gasteiger partial charge is 0.501 e. The van der Waals surface area contributed by atoms with Gasteiger partial charge in [-0.15, -0.1) is 54.1 Å². The molecule has 247 valence electrons. The van der Waals surface area contributed by atoms with Crippen LogP contribution in [0, 0.1) is 45.6 Å². The van der Waals surface area contributed by atoms with Gasteiger partial charge in [0.1, 0.15) is 5.58 Å². The molecule has 0 bridgehead atoms. The summed E-state index contributed by atoms with van der Waals surface area (Å²) in [5, 5.41) is 1.45. The molecule has 1 radical (unpaired) electrons. The Morgan fingerprint density at radius 1 is 0.837 bits per heavy atom. The second kappa shape index (κ2) is 14.3. The summed E-state index contributed by atoms with van der Waals surface area (Å²) in [5.41, 5.74) is 8.47. The van der Waals surface area contributed by atoms with Gasteiger partial charge in [-0.1, -0.05) is 78.9 Å². The Morgan fingerprint density at radius 2 is 1.65 bits per heavy atom. The van der Waals surface area contributed by atoms with Gasteiger partial charge in [0, 0.05) is 48.3 Å². The summed E-state index contributed by atoms with van der Waals surface area (Å²) in [4.78, 5) is 9.19. The van der Waals surface area contributed by atoms with Gasteiger partial charge >= 0.3 is 0 Å². The number of imidazole rings is 1. The van der Waals surface area contributed by atoms with E-state index in [1.165, 1.54) is 35.1 Å². The molecule has 3 heterocycles. The molecule has 0 amide bonds. The van der Waals surface area contributed by atoms with Crippen LogP contribution >= 0.6 is 0 Å². The topological polar surface area (TPSA) is 43.9 Å². The van der Waals surface area contributed by atoms with Crippen molar-refractivity contribution in [3.63, 3.8) is 0 Å². The van der Waals surface area contributed by atoms with Gasteiger partial charge in [-0.3, -0.25) is 4.98 Å². The van der Waals surface area contributed by atoms with Crippen molar-refractivity contribution >= 4 is 33.0 Å². The van der Waals surface area contributed by atoms with E-state index >= 15 is 0 Å². The first-order valence-electron chi connectivity index (χ1n) is 19.9. The molecule has 5 aromatic carbocycles. The van der Waals surface area contributed by atoms with E-state index in [1.54, 1.807) is 38.1 Å². The molecule has 0 fully saturated rings. The molecule has 0 aliphatic rings. The van der Waals surface area contributed by atoms with Gasteiger partial charge in [0.2, 0.25) is 0 Å². The van der Waals surface area contributed by atoms with Crippen molar-refractivity contribution in [2.24, 2.45) is 5.92 Å². The zero-order valence-corrected chi connectivity index (χ0v) is 29.9. The minimum atomic E-state index is -2.52. The Labute approximate surface area is 313 Å². The maximum atomic E-state index is 8.54. The molecule has 0 aliphatic heterocycles. The molecule has 0 spiro atoms. The van der Waals surface area contributed by atoms with Crippen LogP contribution < -0.4 is 0 Å². The number of pyridine rings is 1. The molecule has 4 nitrogen and oxygen atoms in total. The number of furan rings is 1. The summed E-state index contributed by atoms with van der Waals surface area (Å²) in [6.45, 7) is 2.89. The Kier molecular flexibility index (Phi) is 7.37. The maximum Gasteiger partial charge on any atom is 0.121 e. The predicted molar refractivity (Wildman–Crippen MR) is 199 cm³/mol. The number of rotatable bonds is 5. The van der Waals surface area contributed by atoms with Crippen LogP contribution in [0.2, 0.25) is 0 Å². The SMILES string of the molecule is Cc1cccc(C)c1-n1c(-c2[c-]cccc2)nc2ccccc21.[2H]C([2H])([2H])c1ccc2c(c1)oc1c(-c3cc(C([2H])([2H])C(C)C)c(C([2H])([2H])[2H])cn3)[c-]ccc12.[Ir]. The number of benzene rings is 5. The van der Waals surface area contributed by atoms with Crippen molar-refractivity contribution in [2.45, 2.75) is 47.8 Å². The van der Waals surface area contributed by atoms with E-state index in [0.29, 0.717) is 22.4 Å². The molecule has 8 rings (SSSR count). The average molecular weight is 826 g/mol. The Bertz CT molecular complexity index is 2700. The van der Waals surface area contributed by atoms with Crippen molar-refractivity contribution in [3.8, 4) is 28.3 Å². The summed E-state index contributed by atoms with van der Waals surface area (Å²) in [6.07, 6.45) is -0.711. The van der Waals surface area contributed by atoms with E-state index in [9.17, 15) is 0 Å². The van der Waals surface area contributed by atoms with E-state index in [-0.39, 0.29) is 36.8 Å². The number of aromatic nitrogens is 3. The van der Waals surface area contributed by atoms with Crippen LogP contribution in [0.3, 0.4) is 0 Å². The average Bonchev–Trinajstić information content (AvgIpc) is 3.73. The van der Waals surface area contributed by atoms with Crippen molar-refractivity contribution in [1.82, 2.24) is 14.5 Å². The second-order valence-corrected chi connectivity index (χ2v) is 12.1. The van der Waals surface area contributed by atoms with Crippen molar-refractivity contribution in [3.05, 3.63) is 149 Å². The molecule has 5 heteroatoms. The van der Waals surface area contributed by atoms with Crippen LogP contribution in [0.25, 0.3) is 61.3 Å².